The topological polar surface area (TPSA) is 43.1 Å². The maximum atomic E-state index is 14.8. The summed E-state index contributed by atoms with van der Waals surface area (Å²) < 4.78 is 16.6. The van der Waals surface area contributed by atoms with Crippen molar-refractivity contribution in [3.05, 3.63) is 95.3 Å². The van der Waals surface area contributed by atoms with E-state index < -0.39 is 0 Å². The second kappa shape index (κ2) is 7.22. The molecule has 0 aliphatic carbocycles. The van der Waals surface area contributed by atoms with Crippen LogP contribution >= 0.6 is 11.3 Å². The molecule has 0 bridgehead atoms. The number of benzene rings is 3. The Morgan fingerprint density at radius 1 is 0.862 bits per heavy atom. The van der Waals surface area contributed by atoms with Crippen LogP contribution in [0.15, 0.2) is 78.9 Å². The van der Waals surface area contributed by atoms with Gasteiger partial charge in [-0.05, 0) is 17.2 Å². The molecule has 5 aromatic rings. The van der Waals surface area contributed by atoms with Gasteiger partial charge in [-0.15, -0.1) is 10.2 Å². The van der Waals surface area contributed by atoms with Crippen molar-refractivity contribution in [2.75, 3.05) is 0 Å². The van der Waals surface area contributed by atoms with Gasteiger partial charge in [0, 0.05) is 17.0 Å². The molecule has 0 aliphatic rings. The first kappa shape index (κ1) is 17.7. The molecular weight excluding hydrogens is 383 g/mol. The van der Waals surface area contributed by atoms with E-state index in [1.165, 1.54) is 11.3 Å². The number of rotatable bonds is 4. The molecule has 2 aromatic heterocycles. The second-order valence-electron chi connectivity index (χ2n) is 6.85. The smallest absolute Gasteiger partial charge is 0.206 e. The van der Waals surface area contributed by atoms with Crippen LogP contribution in [0.1, 0.15) is 23.4 Å². The number of hydrogen-bond acceptors (Lipinski definition) is 4. The lowest BCUT2D eigenvalue weighted by atomic mass is 9.97. The van der Waals surface area contributed by atoms with Gasteiger partial charge in [0.15, 0.2) is 5.82 Å². The van der Waals surface area contributed by atoms with Gasteiger partial charge < -0.3 is 0 Å². The molecule has 5 rings (SSSR count). The van der Waals surface area contributed by atoms with E-state index in [4.69, 9.17) is 5.10 Å². The molecule has 6 heteroatoms. The van der Waals surface area contributed by atoms with Crippen molar-refractivity contribution in [1.29, 1.82) is 0 Å². The highest BCUT2D eigenvalue weighted by molar-refractivity contribution is 7.16. The zero-order chi connectivity index (χ0) is 19.8. The van der Waals surface area contributed by atoms with Crippen molar-refractivity contribution in [2.24, 2.45) is 0 Å². The molecule has 4 nitrogen and oxygen atoms in total. The predicted octanol–water partition coefficient (Wildman–Crippen LogP) is 5.81. The van der Waals surface area contributed by atoms with Gasteiger partial charge >= 0.3 is 0 Å². The SMILES string of the molecule is CC(c1ccc(-c2ccccc2)c(F)c1)c1nn2c(-c3ccccc3)nnc2s1. The van der Waals surface area contributed by atoms with Gasteiger partial charge in [0.05, 0.1) is 0 Å². The van der Waals surface area contributed by atoms with Crippen LogP contribution in [0, 0.1) is 5.82 Å². The molecule has 2 heterocycles. The Kier molecular flexibility index (Phi) is 4.41. The van der Waals surface area contributed by atoms with Crippen LogP contribution in [0.5, 0.6) is 0 Å². The molecule has 1 atom stereocenters. The monoisotopic (exact) mass is 400 g/mol. The first-order chi connectivity index (χ1) is 14.2. The zero-order valence-electron chi connectivity index (χ0n) is 15.7. The average molecular weight is 400 g/mol. The van der Waals surface area contributed by atoms with Crippen LogP contribution in [0.4, 0.5) is 4.39 Å². The number of hydrogen-bond donors (Lipinski definition) is 0. The zero-order valence-corrected chi connectivity index (χ0v) is 16.5. The standard InChI is InChI=1S/C23H17FN4S/c1-15(18-12-13-19(20(24)14-18)16-8-4-2-5-9-16)22-27-28-21(25-26-23(28)29-22)17-10-6-3-7-11-17/h2-15H,1H3. The third kappa shape index (κ3) is 3.21. The molecule has 0 aliphatic heterocycles. The van der Waals surface area contributed by atoms with Crippen LogP contribution in [-0.2, 0) is 0 Å². The summed E-state index contributed by atoms with van der Waals surface area (Å²) in [6.45, 7) is 2.03. The van der Waals surface area contributed by atoms with E-state index in [1.54, 1.807) is 10.6 Å². The third-order valence-corrected chi connectivity index (χ3v) is 6.07. The molecule has 0 fully saturated rings. The van der Waals surface area contributed by atoms with E-state index >= 15 is 0 Å². The van der Waals surface area contributed by atoms with Gasteiger partial charge in [-0.25, -0.2) is 4.39 Å². The lowest BCUT2D eigenvalue weighted by Crippen LogP contribution is -1.99. The summed E-state index contributed by atoms with van der Waals surface area (Å²) in [5, 5.41) is 14.1. The number of nitrogens with zero attached hydrogens (tertiary/aromatic N) is 4. The maximum Gasteiger partial charge on any atom is 0.234 e. The quantitative estimate of drug-likeness (QED) is 0.382. The second-order valence-corrected chi connectivity index (χ2v) is 7.84. The van der Waals surface area contributed by atoms with E-state index in [-0.39, 0.29) is 11.7 Å². The number of fused-ring (bicyclic) bond motifs is 1. The number of halogens is 1. The fourth-order valence-corrected chi connectivity index (χ4v) is 4.29. The van der Waals surface area contributed by atoms with Crippen molar-refractivity contribution in [3.8, 4) is 22.5 Å². The van der Waals surface area contributed by atoms with E-state index in [0.29, 0.717) is 11.4 Å². The molecular formula is C23H17FN4S. The molecule has 29 heavy (non-hydrogen) atoms. The molecule has 1 unspecified atom stereocenters. The highest BCUT2D eigenvalue weighted by atomic mass is 32.1. The van der Waals surface area contributed by atoms with Crippen LogP contribution < -0.4 is 0 Å². The van der Waals surface area contributed by atoms with Gasteiger partial charge in [0.1, 0.15) is 10.8 Å². The lowest BCUT2D eigenvalue weighted by molar-refractivity contribution is 0.627. The van der Waals surface area contributed by atoms with Gasteiger partial charge in [0.25, 0.3) is 0 Å². The Morgan fingerprint density at radius 3 is 2.24 bits per heavy atom. The van der Waals surface area contributed by atoms with Crippen molar-refractivity contribution in [3.63, 3.8) is 0 Å². The molecule has 0 N–H and O–H groups in total. The maximum absolute atomic E-state index is 14.8. The van der Waals surface area contributed by atoms with Crippen LogP contribution in [0.3, 0.4) is 0 Å². The molecule has 0 saturated carbocycles. The van der Waals surface area contributed by atoms with Gasteiger partial charge in [-0.2, -0.15) is 9.61 Å². The van der Waals surface area contributed by atoms with Crippen molar-refractivity contribution >= 4 is 16.3 Å². The fraction of sp³-hybridized carbons (Fsp3) is 0.0870. The fourth-order valence-electron chi connectivity index (χ4n) is 3.37. The Labute approximate surface area is 171 Å². The van der Waals surface area contributed by atoms with Crippen molar-refractivity contribution < 1.29 is 4.39 Å². The van der Waals surface area contributed by atoms with Gasteiger partial charge in [-0.1, -0.05) is 91.1 Å². The van der Waals surface area contributed by atoms with E-state index in [0.717, 1.165) is 26.7 Å². The summed E-state index contributed by atoms with van der Waals surface area (Å²) in [6.07, 6.45) is 0. The van der Waals surface area contributed by atoms with E-state index in [9.17, 15) is 4.39 Å². The van der Waals surface area contributed by atoms with Crippen molar-refractivity contribution in [2.45, 2.75) is 12.8 Å². The minimum Gasteiger partial charge on any atom is -0.206 e. The largest absolute Gasteiger partial charge is 0.234 e. The van der Waals surface area contributed by atoms with Gasteiger partial charge in [0.2, 0.25) is 4.96 Å². The normalized spacial score (nSPS) is 12.3. The van der Waals surface area contributed by atoms with Crippen LogP contribution in [0.25, 0.3) is 27.5 Å². The minimum absolute atomic E-state index is 0.0513. The molecule has 0 saturated heterocycles. The summed E-state index contributed by atoms with van der Waals surface area (Å²) in [6, 6.07) is 24.8. The summed E-state index contributed by atoms with van der Waals surface area (Å²) >= 11 is 1.48. The molecule has 142 valence electrons. The van der Waals surface area contributed by atoms with Gasteiger partial charge in [-0.3, -0.25) is 0 Å². The Bertz CT molecular complexity index is 1280. The van der Waals surface area contributed by atoms with E-state index in [2.05, 4.69) is 10.2 Å². The number of aromatic nitrogens is 4. The first-order valence-corrected chi connectivity index (χ1v) is 10.1. The first-order valence-electron chi connectivity index (χ1n) is 9.33. The lowest BCUT2D eigenvalue weighted by Gasteiger charge is -2.11. The van der Waals surface area contributed by atoms with Crippen LogP contribution in [-0.4, -0.2) is 19.8 Å². The van der Waals surface area contributed by atoms with Crippen molar-refractivity contribution in [1.82, 2.24) is 19.8 Å². The summed E-state index contributed by atoms with van der Waals surface area (Å²) in [4.78, 5) is 0.729. The highest BCUT2D eigenvalue weighted by Gasteiger charge is 2.19. The van der Waals surface area contributed by atoms with Crippen LogP contribution in [0.2, 0.25) is 0 Å². The average Bonchev–Trinajstić information content (AvgIpc) is 3.35. The molecule has 3 aromatic carbocycles. The third-order valence-electron chi connectivity index (χ3n) is 4.99. The summed E-state index contributed by atoms with van der Waals surface area (Å²) in [5.41, 5.74) is 3.32. The molecule has 0 radical (unpaired) electrons. The van der Waals surface area contributed by atoms with E-state index in [1.807, 2.05) is 79.7 Å². The minimum atomic E-state index is -0.228. The summed E-state index contributed by atoms with van der Waals surface area (Å²) in [5.74, 6) is 0.430. The Balaban J connectivity index is 1.49. The predicted molar refractivity (Wildman–Crippen MR) is 113 cm³/mol. The molecule has 0 amide bonds. The Morgan fingerprint density at radius 2 is 1.55 bits per heavy atom. The highest BCUT2D eigenvalue weighted by Crippen LogP contribution is 2.32. The molecule has 0 spiro atoms. The summed E-state index contributed by atoms with van der Waals surface area (Å²) in [7, 11) is 0. The Hall–Kier alpha value is -3.38.